The van der Waals surface area contributed by atoms with Crippen LogP contribution in [0.3, 0.4) is 0 Å². The van der Waals surface area contributed by atoms with Gasteiger partial charge in [0.15, 0.2) is 0 Å². The molecule has 1 fully saturated rings. The summed E-state index contributed by atoms with van der Waals surface area (Å²) >= 11 is 0. The number of alkyl halides is 3. The van der Waals surface area contributed by atoms with Gasteiger partial charge in [-0.15, -0.1) is 0 Å². The lowest BCUT2D eigenvalue weighted by Crippen LogP contribution is -2.37. The van der Waals surface area contributed by atoms with Crippen molar-refractivity contribution in [1.29, 1.82) is 0 Å². The normalized spacial score (nSPS) is 24.8. The number of benzene rings is 1. The van der Waals surface area contributed by atoms with Crippen LogP contribution >= 0.6 is 0 Å². The summed E-state index contributed by atoms with van der Waals surface area (Å²) in [5.41, 5.74) is 5.10. The van der Waals surface area contributed by atoms with Crippen LogP contribution in [0.2, 0.25) is 0 Å². The molecule has 1 aliphatic carbocycles. The summed E-state index contributed by atoms with van der Waals surface area (Å²) in [5.74, 6) is 4.68. The van der Waals surface area contributed by atoms with E-state index in [1.807, 2.05) is 12.1 Å². The molecule has 1 unspecified atom stereocenters. The summed E-state index contributed by atoms with van der Waals surface area (Å²) in [7, 11) is 0. The lowest BCUT2D eigenvalue weighted by Gasteiger charge is -2.34. The van der Waals surface area contributed by atoms with Crippen LogP contribution in [0.4, 0.5) is 13.2 Å². The molecule has 0 saturated heterocycles. The van der Waals surface area contributed by atoms with E-state index in [0.29, 0.717) is 12.8 Å². The first-order valence-electron chi connectivity index (χ1n) is 7.57. The van der Waals surface area contributed by atoms with E-state index in [0.717, 1.165) is 12.0 Å². The lowest BCUT2D eigenvalue weighted by molar-refractivity contribution is -0.184. The molecule has 0 spiro atoms. The summed E-state index contributed by atoms with van der Waals surface area (Å²) in [6, 6.07) is 8.10. The molecule has 118 valence electrons. The maximum atomic E-state index is 12.7. The smallest absolute Gasteiger partial charge is 0.271 e. The molecule has 1 atom stereocenters. The largest absolute Gasteiger partial charge is 0.391 e. The third-order valence-electron chi connectivity index (χ3n) is 4.63. The van der Waals surface area contributed by atoms with Gasteiger partial charge in [-0.05, 0) is 49.1 Å². The minimum atomic E-state index is -4.06. The van der Waals surface area contributed by atoms with E-state index in [4.69, 9.17) is 5.84 Å². The number of hydrogen-bond acceptors (Lipinski definition) is 2. The molecule has 2 rings (SSSR count). The second-order valence-electron chi connectivity index (χ2n) is 5.89. The second-order valence-corrected chi connectivity index (χ2v) is 5.89. The van der Waals surface area contributed by atoms with Crippen molar-refractivity contribution < 1.29 is 13.2 Å². The predicted octanol–water partition coefficient (Wildman–Crippen LogP) is 4.12. The number of halogens is 3. The van der Waals surface area contributed by atoms with E-state index >= 15 is 0 Å². The molecule has 1 aromatic carbocycles. The van der Waals surface area contributed by atoms with Crippen LogP contribution in [-0.2, 0) is 6.42 Å². The topological polar surface area (TPSA) is 38.0 Å². The van der Waals surface area contributed by atoms with Crippen molar-refractivity contribution in [1.82, 2.24) is 5.43 Å². The van der Waals surface area contributed by atoms with Crippen molar-refractivity contribution in [3.05, 3.63) is 35.4 Å². The van der Waals surface area contributed by atoms with Crippen molar-refractivity contribution in [2.75, 3.05) is 0 Å². The predicted molar refractivity (Wildman–Crippen MR) is 77.4 cm³/mol. The fraction of sp³-hybridized carbons (Fsp3) is 0.625. The van der Waals surface area contributed by atoms with Crippen molar-refractivity contribution in [2.24, 2.45) is 17.7 Å². The van der Waals surface area contributed by atoms with E-state index in [-0.39, 0.29) is 24.8 Å². The van der Waals surface area contributed by atoms with Crippen molar-refractivity contribution >= 4 is 0 Å². The first-order chi connectivity index (χ1) is 9.95. The highest BCUT2D eigenvalue weighted by Gasteiger charge is 2.42. The molecular weight excluding hydrogens is 277 g/mol. The highest BCUT2D eigenvalue weighted by atomic mass is 19.4. The third-order valence-corrected chi connectivity index (χ3v) is 4.63. The number of hydrazine groups is 1. The van der Waals surface area contributed by atoms with Gasteiger partial charge in [0, 0.05) is 6.04 Å². The first kappa shape index (κ1) is 16.3. The standard InChI is InChI=1S/C16H23F3N2/c1-2-11-3-5-12(6-4-11)15(21-20)13-7-9-14(10-8-13)16(17,18)19/h3-6,13-15,21H,2,7-10,20H2,1H3. The van der Waals surface area contributed by atoms with Gasteiger partial charge in [0.05, 0.1) is 5.92 Å². The molecule has 0 radical (unpaired) electrons. The second kappa shape index (κ2) is 6.79. The Hall–Kier alpha value is -1.07. The molecule has 0 bridgehead atoms. The van der Waals surface area contributed by atoms with E-state index in [9.17, 15) is 13.2 Å². The van der Waals surface area contributed by atoms with Gasteiger partial charge in [-0.3, -0.25) is 11.3 Å². The quantitative estimate of drug-likeness (QED) is 0.648. The Balaban J connectivity index is 2.02. The maximum absolute atomic E-state index is 12.7. The SMILES string of the molecule is CCc1ccc(C(NN)C2CCC(C(F)(F)F)CC2)cc1. The van der Waals surface area contributed by atoms with Gasteiger partial charge in [0.2, 0.25) is 0 Å². The monoisotopic (exact) mass is 300 g/mol. The van der Waals surface area contributed by atoms with Gasteiger partial charge >= 0.3 is 6.18 Å². The molecule has 0 amide bonds. The average molecular weight is 300 g/mol. The van der Waals surface area contributed by atoms with Gasteiger partial charge < -0.3 is 0 Å². The number of nitrogens with one attached hydrogen (secondary N) is 1. The van der Waals surface area contributed by atoms with Crippen molar-refractivity contribution in [2.45, 2.75) is 51.2 Å². The Morgan fingerprint density at radius 2 is 1.71 bits per heavy atom. The van der Waals surface area contributed by atoms with Crippen LogP contribution in [0.25, 0.3) is 0 Å². The highest BCUT2D eigenvalue weighted by Crippen LogP contribution is 2.42. The van der Waals surface area contributed by atoms with Crippen LogP contribution in [-0.4, -0.2) is 6.18 Å². The number of rotatable bonds is 4. The highest BCUT2D eigenvalue weighted by molar-refractivity contribution is 5.25. The van der Waals surface area contributed by atoms with E-state index in [1.54, 1.807) is 0 Å². The zero-order valence-electron chi connectivity index (χ0n) is 12.3. The number of aryl methyl sites for hydroxylation is 1. The van der Waals surface area contributed by atoms with Gasteiger partial charge in [0.1, 0.15) is 0 Å². The van der Waals surface area contributed by atoms with Gasteiger partial charge in [-0.25, -0.2) is 0 Å². The van der Waals surface area contributed by atoms with Crippen molar-refractivity contribution in [3.63, 3.8) is 0 Å². The molecule has 0 heterocycles. The fourth-order valence-corrected chi connectivity index (χ4v) is 3.25. The molecule has 1 aliphatic rings. The number of hydrogen-bond donors (Lipinski definition) is 2. The zero-order chi connectivity index (χ0) is 15.5. The van der Waals surface area contributed by atoms with Gasteiger partial charge in [-0.1, -0.05) is 31.2 Å². The molecule has 2 nitrogen and oxygen atoms in total. The Bertz CT molecular complexity index is 434. The minimum absolute atomic E-state index is 0.0647. The molecule has 3 N–H and O–H groups in total. The summed E-state index contributed by atoms with van der Waals surface area (Å²) in [5, 5.41) is 0. The third kappa shape index (κ3) is 3.98. The summed E-state index contributed by atoms with van der Waals surface area (Å²) in [6.45, 7) is 2.09. The van der Waals surface area contributed by atoms with Crippen LogP contribution in [0.1, 0.15) is 49.8 Å². The van der Waals surface area contributed by atoms with Crippen LogP contribution in [0, 0.1) is 11.8 Å². The summed E-state index contributed by atoms with van der Waals surface area (Å²) < 4.78 is 38.2. The summed E-state index contributed by atoms with van der Waals surface area (Å²) in [4.78, 5) is 0. The molecule has 0 aliphatic heterocycles. The van der Waals surface area contributed by atoms with Gasteiger partial charge in [0.25, 0.3) is 0 Å². The average Bonchev–Trinajstić information content (AvgIpc) is 2.48. The zero-order valence-corrected chi connectivity index (χ0v) is 12.3. The Morgan fingerprint density at radius 3 is 2.14 bits per heavy atom. The molecule has 1 aromatic rings. The van der Waals surface area contributed by atoms with E-state index in [2.05, 4.69) is 24.5 Å². The maximum Gasteiger partial charge on any atom is 0.391 e. The fourth-order valence-electron chi connectivity index (χ4n) is 3.25. The molecule has 1 saturated carbocycles. The lowest BCUT2D eigenvalue weighted by atomic mass is 9.76. The molecule has 0 aromatic heterocycles. The van der Waals surface area contributed by atoms with Gasteiger partial charge in [-0.2, -0.15) is 13.2 Å². The Kier molecular flexibility index (Phi) is 5.27. The van der Waals surface area contributed by atoms with Crippen LogP contribution in [0.15, 0.2) is 24.3 Å². The minimum Gasteiger partial charge on any atom is -0.271 e. The molecular formula is C16H23F3N2. The van der Waals surface area contributed by atoms with Crippen LogP contribution in [0.5, 0.6) is 0 Å². The summed E-state index contributed by atoms with van der Waals surface area (Å²) in [6.07, 6.45) is -1.54. The first-order valence-corrected chi connectivity index (χ1v) is 7.57. The van der Waals surface area contributed by atoms with E-state index in [1.165, 1.54) is 5.56 Å². The molecule has 5 heteroatoms. The number of nitrogens with two attached hydrogens (primary N) is 1. The Labute approximate surface area is 123 Å². The van der Waals surface area contributed by atoms with Crippen molar-refractivity contribution in [3.8, 4) is 0 Å². The molecule has 21 heavy (non-hydrogen) atoms. The Morgan fingerprint density at radius 1 is 1.14 bits per heavy atom. The van der Waals surface area contributed by atoms with Crippen LogP contribution < -0.4 is 11.3 Å². The van der Waals surface area contributed by atoms with E-state index < -0.39 is 12.1 Å².